The predicted molar refractivity (Wildman–Crippen MR) is 137 cm³/mol. The Kier molecular flexibility index (Phi) is 6.55. The van der Waals surface area contributed by atoms with E-state index in [-0.39, 0.29) is 5.82 Å². The number of aromatic nitrogens is 4. The SMILES string of the molecule is Fc1ccccc1N1CCN(Cc2cnc(NCC3CCCCC3)n3nc(-c4ccco4)nc23)CC1. The average molecular weight is 490 g/mol. The van der Waals surface area contributed by atoms with Gasteiger partial charge in [0.1, 0.15) is 5.82 Å². The van der Waals surface area contributed by atoms with E-state index in [2.05, 4.69) is 15.1 Å². The first kappa shape index (κ1) is 23.0. The molecule has 4 aromatic rings. The first-order chi connectivity index (χ1) is 17.7. The Labute approximate surface area is 210 Å². The lowest BCUT2D eigenvalue weighted by Gasteiger charge is -2.36. The van der Waals surface area contributed by atoms with E-state index in [0.717, 1.165) is 43.9 Å². The Balaban J connectivity index is 1.21. The number of rotatable bonds is 7. The van der Waals surface area contributed by atoms with Crippen molar-refractivity contribution >= 4 is 17.3 Å². The van der Waals surface area contributed by atoms with Gasteiger partial charge >= 0.3 is 0 Å². The van der Waals surface area contributed by atoms with Crippen molar-refractivity contribution in [2.24, 2.45) is 5.92 Å². The molecule has 1 saturated carbocycles. The van der Waals surface area contributed by atoms with Gasteiger partial charge in [0.2, 0.25) is 11.8 Å². The maximum atomic E-state index is 14.2. The zero-order valence-corrected chi connectivity index (χ0v) is 20.4. The van der Waals surface area contributed by atoms with Crippen LogP contribution in [0.5, 0.6) is 0 Å². The molecule has 1 aliphatic carbocycles. The third-order valence-electron chi connectivity index (χ3n) is 7.41. The molecule has 1 aliphatic heterocycles. The van der Waals surface area contributed by atoms with Crippen molar-refractivity contribution in [2.75, 3.05) is 42.9 Å². The van der Waals surface area contributed by atoms with Gasteiger partial charge in [-0.2, -0.15) is 4.52 Å². The van der Waals surface area contributed by atoms with E-state index in [1.807, 2.05) is 35.0 Å². The quantitative estimate of drug-likeness (QED) is 0.398. The molecule has 1 N–H and O–H groups in total. The van der Waals surface area contributed by atoms with Crippen LogP contribution < -0.4 is 10.2 Å². The minimum Gasteiger partial charge on any atom is -0.461 e. The van der Waals surface area contributed by atoms with E-state index >= 15 is 0 Å². The molecule has 188 valence electrons. The number of furan rings is 1. The minimum absolute atomic E-state index is 0.165. The zero-order valence-electron chi connectivity index (χ0n) is 20.4. The Morgan fingerprint density at radius 1 is 1.00 bits per heavy atom. The fourth-order valence-electron chi connectivity index (χ4n) is 5.38. The third kappa shape index (κ3) is 4.80. The summed E-state index contributed by atoms with van der Waals surface area (Å²) >= 11 is 0. The van der Waals surface area contributed by atoms with Crippen LogP contribution >= 0.6 is 0 Å². The summed E-state index contributed by atoms with van der Waals surface area (Å²) in [6.45, 7) is 4.82. The maximum absolute atomic E-state index is 14.2. The molecule has 6 rings (SSSR count). The van der Waals surface area contributed by atoms with Gasteiger partial charge in [0.05, 0.1) is 12.0 Å². The summed E-state index contributed by atoms with van der Waals surface area (Å²) < 4.78 is 21.6. The summed E-state index contributed by atoms with van der Waals surface area (Å²) in [4.78, 5) is 14.1. The molecule has 0 spiro atoms. The highest BCUT2D eigenvalue weighted by atomic mass is 19.1. The Bertz CT molecular complexity index is 1290. The largest absolute Gasteiger partial charge is 0.461 e. The molecule has 8 nitrogen and oxygen atoms in total. The molecule has 2 fully saturated rings. The normalized spacial score (nSPS) is 17.6. The standard InChI is InChI=1S/C27H32FN7O/c28-22-9-4-5-10-23(22)34-14-12-33(13-15-34)19-21-18-30-27(29-17-20-7-2-1-3-8-20)35-26(21)31-25(32-35)24-11-6-16-36-24/h4-6,9-11,16,18,20H,1-3,7-8,12-15,17,19H2,(H,29,30). The molecule has 9 heteroatoms. The van der Waals surface area contributed by atoms with Crippen molar-refractivity contribution in [3.8, 4) is 11.6 Å². The van der Waals surface area contributed by atoms with Gasteiger partial charge in [-0.15, -0.1) is 5.10 Å². The number of hydrogen-bond donors (Lipinski definition) is 1. The van der Waals surface area contributed by atoms with E-state index in [4.69, 9.17) is 19.5 Å². The highest BCUT2D eigenvalue weighted by Crippen LogP contribution is 2.26. The van der Waals surface area contributed by atoms with Crippen molar-refractivity contribution < 1.29 is 8.81 Å². The van der Waals surface area contributed by atoms with Crippen molar-refractivity contribution in [2.45, 2.75) is 38.6 Å². The number of halogens is 1. The first-order valence-corrected chi connectivity index (χ1v) is 13.0. The second kappa shape index (κ2) is 10.3. The number of benzene rings is 1. The molecule has 0 unspecified atom stereocenters. The molecule has 0 atom stereocenters. The van der Waals surface area contributed by atoms with Gasteiger partial charge < -0.3 is 14.6 Å². The number of anilines is 2. The van der Waals surface area contributed by atoms with E-state index < -0.39 is 0 Å². The van der Waals surface area contributed by atoms with Crippen molar-refractivity contribution in [3.63, 3.8) is 0 Å². The number of hydrogen-bond acceptors (Lipinski definition) is 7. The second-order valence-corrected chi connectivity index (χ2v) is 9.85. The number of nitrogens with one attached hydrogen (secondary N) is 1. The van der Waals surface area contributed by atoms with E-state index in [1.165, 1.54) is 38.2 Å². The molecule has 0 radical (unpaired) electrons. The summed E-state index contributed by atoms with van der Waals surface area (Å²) in [6, 6.07) is 10.7. The summed E-state index contributed by atoms with van der Waals surface area (Å²) in [7, 11) is 0. The maximum Gasteiger partial charge on any atom is 0.225 e. The first-order valence-electron chi connectivity index (χ1n) is 13.0. The zero-order chi connectivity index (χ0) is 24.3. The summed E-state index contributed by atoms with van der Waals surface area (Å²) in [5, 5.41) is 8.29. The molecule has 0 amide bonds. The monoisotopic (exact) mass is 489 g/mol. The number of para-hydroxylation sites is 1. The number of piperazine rings is 1. The fraction of sp³-hybridized carbons (Fsp3) is 0.444. The molecule has 2 aliphatic rings. The van der Waals surface area contributed by atoms with Crippen LogP contribution in [0.3, 0.4) is 0 Å². The van der Waals surface area contributed by atoms with Gasteiger partial charge in [0.15, 0.2) is 11.4 Å². The Hall–Kier alpha value is -3.46. The Morgan fingerprint density at radius 3 is 2.61 bits per heavy atom. The van der Waals surface area contributed by atoms with Gasteiger partial charge in [-0.1, -0.05) is 31.4 Å². The van der Waals surface area contributed by atoms with Crippen LogP contribution in [0.1, 0.15) is 37.7 Å². The van der Waals surface area contributed by atoms with Gasteiger partial charge in [-0.3, -0.25) is 4.90 Å². The van der Waals surface area contributed by atoms with E-state index in [0.29, 0.717) is 35.7 Å². The van der Waals surface area contributed by atoms with Crippen molar-refractivity contribution in [1.29, 1.82) is 0 Å². The van der Waals surface area contributed by atoms with Crippen molar-refractivity contribution in [1.82, 2.24) is 24.5 Å². The van der Waals surface area contributed by atoms with Gasteiger partial charge in [-0.25, -0.2) is 14.4 Å². The van der Waals surface area contributed by atoms with Gasteiger partial charge in [0, 0.05) is 51.0 Å². The molecular weight excluding hydrogens is 457 g/mol. The number of nitrogens with zero attached hydrogens (tertiary/aromatic N) is 6. The highest BCUT2D eigenvalue weighted by molar-refractivity contribution is 5.58. The van der Waals surface area contributed by atoms with Gasteiger partial charge in [0.25, 0.3) is 0 Å². The Morgan fingerprint density at radius 2 is 1.83 bits per heavy atom. The highest BCUT2D eigenvalue weighted by Gasteiger charge is 2.22. The van der Waals surface area contributed by atoms with Gasteiger partial charge in [-0.05, 0) is 43.0 Å². The smallest absolute Gasteiger partial charge is 0.225 e. The van der Waals surface area contributed by atoms with Crippen LogP contribution in [-0.4, -0.2) is 57.2 Å². The predicted octanol–water partition coefficient (Wildman–Crippen LogP) is 4.84. The minimum atomic E-state index is -0.165. The summed E-state index contributed by atoms with van der Waals surface area (Å²) in [5.41, 5.74) is 2.48. The summed E-state index contributed by atoms with van der Waals surface area (Å²) in [5.74, 6) is 2.42. The van der Waals surface area contributed by atoms with Crippen LogP contribution in [0.25, 0.3) is 17.2 Å². The lowest BCUT2D eigenvalue weighted by Crippen LogP contribution is -2.46. The third-order valence-corrected chi connectivity index (χ3v) is 7.41. The molecular formula is C27H32FN7O. The molecule has 0 bridgehead atoms. The van der Waals surface area contributed by atoms with Crippen LogP contribution in [0.4, 0.5) is 16.0 Å². The van der Waals surface area contributed by atoms with Crippen LogP contribution in [-0.2, 0) is 6.54 Å². The van der Waals surface area contributed by atoms with Crippen molar-refractivity contribution in [3.05, 3.63) is 60.2 Å². The molecule has 1 saturated heterocycles. The fourth-order valence-corrected chi connectivity index (χ4v) is 5.38. The topological polar surface area (TPSA) is 74.7 Å². The van der Waals surface area contributed by atoms with E-state index in [1.54, 1.807) is 12.3 Å². The lowest BCUT2D eigenvalue weighted by molar-refractivity contribution is 0.249. The lowest BCUT2D eigenvalue weighted by atomic mass is 9.89. The molecule has 1 aromatic carbocycles. The van der Waals surface area contributed by atoms with Crippen LogP contribution in [0.15, 0.2) is 53.3 Å². The molecule has 36 heavy (non-hydrogen) atoms. The molecule has 4 heterocycles. The van der Waals surface area contributed by atoms with Crippen LogP contribution in [0, 0.1) is 11.7 Å². The van der Waals surface area contributed by atoms with E-state index in [9.17, 15) is 4.39 Å². The second-order valence-electron chi connectivity index (χ2n) is 9.85. The summed E-state index contributed by atoms with van der Waals surface area (Å²) in [6.07, 6.45) is 10.1. The average Bonchev–Trinajstić information content (AvgIpc) is 3.61. The molecule has 3 aromatic heterocycles. The number of fused-ring (bicyclic) bond motifs is 1. The van der Waals surface area contributed by atoms with Crippen LogP contribution in [0.2, 0.25) is 0 Å².